The summed E-state index contributed by atoms with van der Waals surface area (Å²) in [6, 6.07) is 16.5. The molecule has 0 atom stereocenters. The van der Waals surface area contributed by atoms with Gasteiger partial charge in [-0.15, -0.1) is 15.3 Å². The first-order valence-electron chi connectivity index (χ1n) is 12.2. The summed E-state index contributed by atoms with van der Waals surface area (Å²) in [5.41, 5.74) is 8.08. The third kappa shape index (κ3) is 6.17. The molecule has 5 N–H and O–H groups in total. The first kappa shape index (κ1) is 28.4. The number of phenols is 1. The molecular formula is C27H28N6O6S. The molecule has 40 heavy (non-hydrogen) atoms. The molecule has 0 fully saturated rings. The van der Waals surface area contributed by atoms with Gasteiger partial charge < -0.3 is 20.3 Å². The monoisotopic (exact) mass is 564 g/mol. The van der Waals surface area contributed by atoms with E-state index in [-0.39, 0.29) is 23.4 Å². The van der Waals surface area contributed by atoms with Crippen LogP contribution in [0.4, 0.5) is 28.4 Å². The van der Waals surface area contributed by atoms with Gasteiger partial charge in [-0.3, -0.25) is 0 Å². The number of nitrogens with zero attached hydrogens (tertiary/aromatic N) is 4. The van der Waals surface area contributed by atoms with Crippen LogP contribution in [0.3, 0.4) is 0 Å². The number of hydrogen-bond donors (Lipinski definition) is 3. The molecule has 208 valence electrons. The number of azo groups is 2. The van der Waals surface area contributed by atoms with Crippen molar-refractivity contribution in [2.75, 3.05) is 18.9 Å². The van der Waals surface area contributed by atoms with Crippen LogP contribution in [0.5, 0.6) is 17.2 Å². The Kier molecular flexibility index (Phi) is 8.58. The normalized spacial score (nSPS) is 12.0. The van der Waals surface area contributed by atoms with Gasteiger partial charge in [0.05, 0.1) is 18.9 Å². The molecule has 13 heteroatoms. The quantitative estimate of drug-likeness (QED) is 0.109. The first-order chi connectivity index (χ1) is 19.2. The number of fused-ring (bicyclic) bond motifs is 1. The van der Waals surface area contributed by atoms with Gasteiger partial charge in [0.2, 0.25) is 0 Å². The number of aromatic hydroxyl groups is 1. The molecule has 0 aliphatic rings. The van der Waals surface area contributed by atoms with Gasteiger partial charge in [-0.1, -0.05) is 18.2 Å². The van der Waals surface area contributed by atoms with Gasteiger partial charge in [0.25, 0.3) is 0 Å². The van der Waals surface area contributed by atoms with Crippen LogP contribution >= 0.6 is 0 Å². The van der Waals surface area contributed by atoms with Gasteiger partial charge in [-0.2, -0.15) is 23.7 Å². The minimum absolute atomic E-state index is 0.184. The fraction of sp³-hybridized carbons (Fsp3) is 0.185. The Morgan fingerprint density at radius 2 is 1.50 bits per heavy atom. The molecule has 4 aromatic rings. The number of ether oxygens (including phenoxy) is 2. The molecule has 4 aromatic carbocycles. The molecule has 0 amide bonds. The predicted octanol–water partition coefficient (Wildman–Crippen LogP) is 6.64. The van der Waals surface area contributed by atoms with E-state index in [1.165, 1.54) is 18.2 Å². The Balaban J connectivity index is 1.86. The predicted molar refractivity (Wildman–Crippen MR) is 151 cm³/mol. The van der Waals surface area contributed by atoms with Gasteiger partial charge in [0, 0.05) is 23.2 Å². The molecule has 0 bridgehead atoms. The van der Waals surface area contributed by atoms with Crippen molar-refractivity contribution in [3.63, 3.8) is 0 Å². The number of anilines is 1. The van der Waals surface area contributed by atoms with Crippen molar-refractivity contribution in [1.29, 1.82) is 0 Å². The van der Waals surface area contributed by atoms with Crippen LogP contribution in [0, 0.1) is 6.92 Å². The highest BCUT2D eigenvalue weighted by molar-refractivity contribution is 7.86. The maximum atomic E-state index is 12.6. The van der Waals surface area contributed by atoms with Crippen molar-refractivity contribution in [2.24, 2.45) is 26.4 Å². The Hall–Kier alpha value is -4.59. The lowest BCUT2D eigenvalue weighted by molar-refractivity contribution is 0.332. The topological polar surface area (TPSA) is 184 Å². The highest BCUT2D eigenvalue weighted by atomic mass is 32.2. The SMILES string of the molecule is CCOc1cc(N=Nc2c(S(=O)(=O)ON)cc3ccc(N)cc3c2O)c(OCC)cc1N=Nc1cccc(C)c1. The van der Waals surface area contributed by atoms with Gasteiger partial charge in [-0.05, 0) is 62.1 Å². The van der Waals surface area contributed by atoms with Gasteiger partial charge in [0.15, 0.2) is 5.75 Å². The molecule has 0 aliphatic heterocycles. The second-order valence-corrected chi connectivity index (χ2v) is 10.0. The minimum Gasteiger partial charge on any atom is -0.505 e. The summed E-state index contributed by atoms with van der Waals surface area (Å²) in [6.45, 7) is 6.15. The summed E-state index contributed by atoms with van der Waals surface area (Å²) < 4.78 is 40.9. The van der Waals surface area contributed by atoms with Crippen LogP contribution in [-0.2, 0) is 14.4 Å². The van der Waals surface area contributed by atoms with E-state index >= 15 is 0 Å². The molecule has 0 saturated carbocycles. The maximum Gasteiger partial charge on any atom is 0.315 e. The smallest absolute Gasteiger partial charge is 0.315 e. The molecule has 0 aromatic heterocycles. The molecule has 0 aliphatic carbocycles. The third-order valence-corrected chi connectivity index (χ3v) is 6.75. The summed E-state index contributed by atoms with van der Waals surface area (Å²) in [6.07, 6.45) is 0. The van der Waals surface area contributed by atoms with Crippen molar-refractivity contribution in [1.82, 2.24) is 0 Å². The second kappa shape index (κ2) is 12.1. The lowest BCUT2D eigenvalue weighted by Gasteiger charge is -2.13. The van der Waals surface area contributed by atoms with Crippen molar-refractivity contribution < 1.29 is 27.3 Å². The van der Waals surface area contributed by atoms with Crippen molar-refractivity contribution in [3.05, 3.63) is 66.2 Å². The van der Waals surface area contributed by atoms with Gasteiger partial charge in [-0.25, -0.2) is 0 Å². The maximum absolute atomic E-state index is 12.6. The lowest BCUT2D eigenvalue weighted by atomic mass is 10.1. The van der Waals surface area contributed by atoms with Crippen LogP contribution in [-0.4, -0.2) is 26.7 Å². The van der Waals surface area contributed by atoms with E-state index < -0.39 is 26.5 Å². The van der Waals surface area contributed by atoms with Crippen LogP contribution in [0.2, 0.25) is 0 Å². The van der Waals surface area contributed by atoms with Crippen molar-refractivity contribution >= 4 is 49.3 Å². The zero-order valence-electron chi connectivity index (χ0n) is 22.0. The van der Waals surface area contributed by atoms with E-state index in [9.17, 15) is 13.5 Å². The standard InChI is InChI=1S/C27H28N6O6S/c1-4-37-23-15-22(24(38-5-2)14-21(23)31-30-19-8-6-7-16(3)11-19)32-33-26-25(40(35,36)39-29)12-17-9-10-18(28)13-20(17)27(26)34/h6-15,34H,4-5,28-29H2,1-3H3. The Labute approximate surface area is 231 Å². The molecule has 0 radical (unpaired) electrons. The second-order valence-electron chi connectivity index (χ2n) is 8.50. The molecular weight excluding hydrogens is 536 g/mol. The zero-order chi connectivity index (χ0) is 28.9. The molecule has 0 saturated heterocycles. The van der Waals surface area contributed by atoms with E-state index in [0.29, 0.717) is 34.8 Å². The van der Waals surface area contributed by atoms with E-state index in [2.05, 4.69) is 24.7 Å². The fourth-order valence-corrected chi connectivity index (χ4v) is 4.59. The molecule has 12 nitrogen and oxygen atoms in total. The van der Waals surface area contributed by atoms with Gasteiger partial charge in [0.1, 0.15) is 33.5 Å². The first-order valence-corrected chi connectivity index (χ1v) is 13.6. The summed E-state index contributed by atoms with van der Waals surface area (Å²) >= 11 is 0. The number of phenolic OH excluding ortho intramolecular Hbond substituents is 1. The number of nitrogens with two attached hydrogens (primary N) is 2. The number of nitrogen functional groups attached to an aromatic ring is 1. The Bertz CT molecular complexity index is 1720. The Morgan fingerprint density at radius 1 is 0.850 bits per heavy atom. The summed E-state index contributed by atoms with van der Waals surface area (Å²) in [4.78, 5) is -0.486. The largest absolute Gasteiger partial charge is 0.505 e. The van der Waals surface area contributed by atoms with E-state index in [1.807, 2.05) is 38.1 Å². The van der Waals surface area contributed by atoms with E-state index in [0.717, 1.165) is 5.56 Å². The summed E-state index contributed by atoms with van der Waals surface area (Å²) in [5, 5.41) is 28.5. The highest BCUT2D eigenvalue weighted by Crippen LogP contribution is 2.45. The zero-order valence-corrected chi connectivity index (χ0v) is 22.8. The van der Waals surface area contributed by atoms with E-state index in [1.54, 1.807) is 25.1 Å². The van der Waals surface area contributed by atoms with Gasteiger partial charge >= 0.3 is 10.1 Å². The minimum atomic E-state index is -4.49. The average Bonchev–Trinajstić information content (AvgIpc) is 2.93. The van der Waals surface area contributed by atoms with Crippen molar-refractivity contribution in [2.45, 2.75) is 25.7 Å². The van der Waals surface area contributed by atoms with Crippen LogP contribution < -0.4 is 21.1 Å². The van der Waals surface area contributed by atoms with Crippen LogP contribution in [0.15, 0.2) is 86.0 Å². The Morgan fingerprint density at radius 3 is 2.10 bits per heavy atom. The number of rotatable bonds is 10. The fourth-order valence-electron chi connectivity index (χ4n) is 3.84. The molecule has 0 spiro atoms. The summed E-state index contributed by atoms with van der Waals surface area (Å²) in [7, 11) is -4.49. The molecule has 0 heterocycles. The van der Waals surface area contributed by atoms with Crippen LogP contribution in [0.25, 0.3) is 10.8 Å². The third-order valence-electron chi connectivity index (χ3n) is 5.65. The average molecular weight is 565 g/mol. The van der Waals surface area contributed by atoms with Crippen LogP contribution in [0.1, 0.15) is 19.4 Å². The lowest BCUT2D eigenvalue weighted by Crippen LogP contribution is -2.11. The highest BCUT2D eigenvalue weighted by Gasteiger charge is 2.25. The van der Waals surface area contributed by atoms with Crippen molar-refractivity contribution in [3.8, 4) is 17.2 Å². The number of benzene rings is 4. The molecule has 4 rings (SSSR count). The number of hydrogen-bond acceptors (Lipinski definition) is 12. The van der Waals surface area contributed by atoms with E-state index in [4.69, 9.17) is 21.1 Å². The molecule has 0 unspecified atom stereocenters. The summed E-state index contributed by atoms with van der Waals surface area (Å²) in [5.74, 6) is 5.16. The number of aryl methyl sites for hydroxylation is 1.